The van der Waals surface area contributed by atoms with Gasteiger partial charge in [-0.15, -0.1) is 0 Å². The summed E-state index contributed by atoms with van der Waals surface area (Å²) >= 11 is 0. The number of rotatable bonds is 6. The van der Waals surface area contributed by atoms with Gasteiger partial charge < -0.3 is 26.4 Å². The van der Waals surface area contributed by atoms with E-state index < -0.39 is 23.8 Å². The quantitative estimate of drug-likeness (QED) is 0.210. The number of nitrogens with zero attached hydrogens (tertiary/aromatic N) is 3. The number of ether oxygens (including phenoxy) is 1. The molecule has 2 heterocycles. The second-order valence-corrected chi connectivity index (χ2v) is 8.51. The number of nitrogens with two attached hydrogens (primary N) is 2. The average Bonchev–Trinajstić information content (AvgIpc) is 2.82. The molecular weight excluding hydrogens is 463 g/mol. The van der Waals surface area contributed by atoms with E-state index in [9.17, 15) is 18.0 Å². The maximum atomic E-state index is 12.9. The third kappa shape index (κ3) is 7.30. The maximum absolute atomic E-state index is 12.9. The van der Waals surface area contributed by atoms with Gasteiger partial charge in [-0.3, -0.25) is 15.1 Å². The summed E-state index contributed by atoms with van der Waals surface area (Å²) in [5.74, 6) is 0.545. The van der Waals surface area contributed by atoms with Crippen molar-refractivity contribution in [3.63, 3.8) is 0 Å². The number of morpholine rings is 1. The molecule has 12 heteroatoms. The van der Waals surface area contributed by atoms with E-state index >= 15 is 0 Å². The fourth-order valence-corrected chi connectivity index (χ4v) is 3.33. The van der Waals surface area contributed by atoms with Crippen LogP contribution in [0.5, 0.6) is 0 Å². The van der Waals surface area contributed by atoms with E-state index in [-0.39, 0.29) is 23.1 Å². The first-order valence-electron chi connectivity index (χ1n) is 11.2. The monoisotopic (exact) mass is 493 g/mol. The molecule has 1 aliphatic heterocycles. The Morgan fingerprint density at radius 1 is 1.23 bits per heavy atom. The number of guanidine groups is 1. The molecule has 0 spiro atoms. The van der Waals surface area contributed by atoms with Crippen molar-refractivity contribution >= 4 is 23.4 Å². The number of hydrogen-bond donors (Lipinski definition) is 4. The van der Waals surface area contributed by atoms with Crippen LogP contribution in [0.1, 0.15) is 41.5 Å². The standard InChI is InChI=1S/C23H30F3N7O2/c1-14(2)12-30-22(31-20(28)17-5-4-16(11-18(17)27)23(24,25)26)32-21(34)15-3-6-19(29-13-15)33-7-9-35-10-8-33/h3-6,11,13-14,20H,7-10,12,27-28H2,1-2H3,(H2,30,31,32,34). The number of nitrogen functional groups attached to an aromatic ring is 1. The molecule has 1 fully saturated rings. The summed E-state index contributed by atoms with van der Waals surface area (Å²) in [6.07, 6.45) is -4.06. The molecule has 1 atom stereocenters. The van der Waals surface area contributed by atoms with Gasteiger partial charge in [0.2, 0.25) is 0 Å². The van der Waals surface area contributed by atoms with Crippen LogP contribution in [0, 0.1) is 5.92 Å². The van der Waals surface area contributed by atoms with Gasteiger partial charge in [-0.25, -0.2) is 4.98 Å². The third-order valence-electron chi connectivity index (χ3n) is 5.23. The molecule has 2 aromatic rings. The Labute approximate surface area is 201 Å². The molecule has 6 N–H and O–H groups in total. The summed E-state index contributed by atoms with van der Waals surface area (Å²) in [6.45, 7) is 6.96. The molecule has 9 nitrogen and oxygen atoms in total. The first-order valence-corrected chi connectivity index (χ1v) is 11.2. The molecule has 190 valence electrons. The average molecular weight is 494 g/mol. The number of amides is 1. The van der Waals surface area contributed by atoms with Gasteiger partial charge in [-0.05, 0) is 30.2 Å². The summed E-state index contributed by atoms with van der Waals surface area (Å²) in [7, 11) is 0. The van der Waals surface area contributed by atoms with Crippen molar-refractivity contribution in [2.45, 2.75) is 26.2 Å². The fourth-order valence-electron chi connectivity index (χ4n) is 3.33. The maximum Gasteiger partial charge on any atom is 0.416 e. The minimum atomic E-state index is -4.52. The van der Waals surface area contributed by atoms with Crippen LogP contribution in [-0.2, 0) is 10.9 Å². The van der Waals surface area contributed by atoms with E-state index in [1.54, 1.807) is 12.1 Å². The summed E-state index contributed by atoms with van der Waals surface area (Å²) in [5.41, 5.74) is 11.5. The molecular formula is C23H30F3N7O2. The van der Waals surface area contributed by atoms with Crippen LogP contribution < -0.4 is 27.0 Å². The van der Waals surface area contributed by atoms with Gasteiger partial charge in [-0.1, -0.05) is 19.9 Å². The summed E-state index contributed by atoms with van der Waals surface area (Å²) in [5, 5.41) is 5.51. The van der Waals surface area contributed by atoms with E-state index in [4.69, 9.17) is 16.2 Å². The minimum absolute atomic E-state index is 0.0766. The highest BCUT2D eigenvalue weighted by Gasteiger charge is 2.31. The van der Waals surface area contributed by atoms with Crippen LogP contribution in [0.4, 0.5) is 24.7 Å². The molecule has 3 rings (SSSR count). The molecule has 35 heavy (non-hydrogen) atoms. The Balaban J connectivity index is 1.72. The van der Waals surface area contributed by atoms with Crippen LogP contribution in [0.25, 0.3) is 0 Å². The van der Waals surface area contributed by atoms with Crippen molar-refractivity contribution in [2.75, 3.05) is 43.5 Å². The lowest BCUT2D eigenvalue weighted by Gasteiger charge is -2.27. The number of aromatic nitrogens is 1. The second kappa shape index (κ2) is 11.4. The Hall–Kier alpha value is -3.38. The van der Waals surface area contributed by atoms with E-state index in [1.165, 1.54) is 12.3 Å². The van der Waals surface area contributed by atoms with E-state index in [2.05, 4.69) is 25.5 Å². The van der Waals surface area contributed by atoms with Crippen LogP contribution >= 0.6 is 0 Å². The number of carbonyl (C=O) groups is 1. The number of carbonyl (C=O) groups excluding carboxylic acids is 1. The van der Waals surface area contributed by atoms with Crippen molar-refractivity contribution < 1.29 is 22.7 Å². The lowest BCUT2D eigenvalue weighted by atomic mass is 10.1. The molecule has 1 amide bonds. The summed E-state index contributed by atoms with van der Waals surface area (Å²) < 4.78 is 44.2. The zero-order chi connectivity index (χ0) is 25.6. The normalized spacial score (nSPS) is 15.7. The van der Waals surface area contributed by atoms with Gasteiger partial charge in [0.1, 0.15) is 12.0 Å². The predicted octanol–water partition coefficient (Wildman–Crippen LogP) is 2.51. The zero-order valence-corrected chi connectivity index (χ0v) is 19.6. The first-order chi connectivity index (χ1) is 16.5. The minimum Gasteiger partial charge on any atom is -0.398 e. The van der Waals surface area contributed by atoms with E-state index in [0.29, 0.717) is 25.3 Å². The summed E-state index contributed by atoms with van der Waals surface area (Å²) in [6, 6.07) is 6.33. The molecule has 0 bridgehead atoms. The van der Waals surface area contributed by atoms with Crippen LogP contribution in [0.15, 0.2) is 41.5 Å². The molecule has 1 aromatic carbocycles. The summed E-state index contributed by atoms with van der Waals surface area (Å²) in [4.78, 5) is 23.6. The number of halogens is 3. The Kier molecular flexibility index (Phi) is 8.52. The highest BCUT2D eigenvalue weighted by Crippen LogP contribution is 2.32. The van der Waals surface area contributed by atoms with Gasteiger partial charge >= 0.3 is 6.18 Å². The van der Waals surface area contributed by atoms with Gasteiger partial charge in [0.15, 0.2) is 5.96 Å². The van der Waals surface area contributed by atoms with Crippen LogP contribution in [0.2, 0.25) is 0 Å². The zero-order valence-electron chi connectivity index (χ0n) is 19.6. The lowest BCUT2D eigenvalue weighted by molar-refractivity contribution is -0.137. The highest BCUT2D eigenvalue weighted by molar-refractivity contribution is 6.05. The van der Waals surface area contributed by atoms with Crippen LogP contribution in [0.3, 0.4) is 0 Å². The van der Waals surface area contributed by atoms with E-state index in [0.717, 1.165) is 31.0 Å². The van der Waals surface area contributed by atoms with Gasteiger partial charge in [0, 0.05) is 37.1 Å². The first kappa shape index (κ1) is 26.2. The molecule has 1 aromatic heterocycles. The molecule has 1 saturated heterocycles. The predicted molar refractivity (Wildman–Crippen MR) is 128 cm³/mol. The molecule has 0 radical (unpaired) electrons. The van der Waals surface area contributed by atoms with Crippen molar-refractivity contribution in [3.8, 4) is 0 Å². The smallest absolute Gasteiger partial charge is 0.398 e. The molecule has 0 aliphatic carbocycles. The molecule has 1 unspecified atom stereocenters. The topological polar surface area (TPSA) is 131 Å². The molecule has 0 saturated carbocycles. The molecule has 1 aliphatic rings. The Bertz CT molecular complexity index is 1040. The van der Waals surface area contributed by atoms with Crippen molar-refractivity contribution in [2.24, 2.45) is 16.6 Å². The van der Waals surface area contributed by atoms with Crippen molar-refractivity contribution in [3.05, 3.63) is 53.2 Å². The lowest BCUT2D eigenvalue weighted by Crippen LogP contribution is -2.45. The number of pyridine rings is 1. The van der Waals surface area contributed by atoms with Crippen molar-refractivity contribution in [1.82, 2.24) is 15.6 Å². The van der Waals surface area contributed by atoms with E-state index in [1.807, 2.05) is 13.8 Å². The Morgan fingerprint density at radius 2 is 1.94 bits per heavy atom. The van der Waals surface area contributed by atoms with Gasteiger partial charge in [0.25, 0.3) is 5.91 Å². The third-order valence-corrected chi connectivity index (χ3v) is 5.23. The number of anilines is 2. The SMILES string of the molecule is CC(C)CN=C(NC(=O)c1ccc(N2CCOCC2)nc1)NC(N)c1ccc(C(F)(F)F)cc1N. The number of hydrogen-bond acceptors (Lipinski definition) is 7. The fraction of sp³-hybridized carbons (Fsp3) is 0.435. The number of benzene rings is 1. The van der Waals surface area contributed by atoms with Crippen LogP contribution in [-0.4, -0.2) is 49.7 Å². The number of aliphatic imine (C=N–C) groups is 1. The highest BCUT2D eigenvalue weighted by atomic mass is 19.4. The van der Waals surface area contributed by atoms with Gasteiger partial charge in [-0.2, -0.15) is 13.2 Å². The largest absolute Gasteiger partial charge is 0.416 e. The van der Waals surface area contributed by atoms with Crippen molar-refractivity contribution in [1.29, 1.82) is 0 Å². The number of alkyl halides is 3. The number of nitrogens with one attached hydrogen (secondary N) is 2. The van der Waals surface area contributed by atoms with Gasteiger partial charge in [0.05, 0.1) is 24.3 Å². The second-order valence-electron chi connectivity index (χ2n) is 8.51. The Morgan fingerprint density at radius 3 is 2.51 bits per heavy atom.